The number of carbonyl (C=O) groups excluding carboxylic acids is 1. The maximum absolute atomic E-state index is 11.2. The Morgan fingerprint density at radius 2 is 2.07 bits per heavy atom. The second-order valence-corrected chi connectivity index (χ2v) is 4.37. The molecular formula is C10H18N2O3. The van der Waals surface area contributed by atoms with E-state index in [2.05, 4.69) is 19.2 Å². The van der Waals surface area contributed by atoms with Crippen molar-refractivity contribution in [2.75, 3.05) is 26.2 Å². The van der Waals surface area contributed by atoms with Crippen LogP contribution < -0.4 is 5.32 Å². The number of aliphatic carboxylic acids is 1. The summed E-state index contributed by atoms with van der Waals surface area (Å²) < 4.78 is 0. The van der Waals surface area contributed by atoms with Crippen molar-refractivity contribution in [1.82, 2.24) is 10.2 Å². The quantitative estimate of drug-likeness (QED) is 0.663. The van der Waals surface area contributed by atoms with Crippen molar-refractivity contribution in [2.24, 2.45) is 11.8 Å². The van der Waals surface area contributed by atoms with Gasteiger partial charge in [-0.3, -0.25) is 14.5 Å². The fourth-order valence-corrected chi connectivity index (χ4v) is 1.59. The number of likely N-dealkylation sites (tertiary alicyclic amines) is 1. The number of nitrogens with zero attached hydrogens (tertiary/aromatic N) is 1. The van der Waals surface area contributed by atoms with Gasteiger partial charge in [-0.15, -0.1) is 0 Å². The SMILES string of the molecule is CC(C)C1CN(CC(=O)NCC(=O)O)C1. The monoisotopic (exact) mass is 214 g/mol. The van der Waals surface area contributed by atoms with E-state index in [1.54, 1.807) is 0 Å². The van der Waals surface area contributed by atoms with Crippen molar-refractivity contribution in [3.63, 3.8) is 0 Å². The zero-order valence-corrected chi connectivity index (χ0v) is 9.19. The number of hydrogen-bond donors (Lipinski definition) is 2. The molecule has 1 saturated heterocycles. The topological polar surface area (TPSA) is 69.6 Å². The zero-order chi connectivity index (χ0) is 11.4. The van der Waals surface area contributed by atoms with Gasteiger partial charge in [0.1, 0.15) is 6.54 Å². The predicted molar refractivity (Wildman–Crippen MR) is 55.4 cm³/mol. The lowest BCUT2D eigenvalue weighted by Gasteiger charge is -2.41. The van der Waals surface area contributed by atoms with Gasteiger partial charge in [-0.2, -0.15) is 0 Å². The predicted octanol–water partition coefficient (Wildman–Crippen LogP) is -0.225. The van der Waals surface area contributed by atoms with Crippen LogP contribution in [0.4, 0.5) is 0 Å². The Bertz CT molecular complexity index is 247. The molecule has 1 aliphatic rings. The molecule has 0 saturated carbocycles. The first-order valence-corrected chi connectivity index (χ1v) is 5.20. The Labute approximate surface area is 89.4 Å². The van der Waals surface area contributed by atoms with Crippen LogP contribution in [0.25, 0.3) is 0 Å². The van der Waals surface area contributed by atoms with Crippen LogP contribution in [-0.4, -0.2) is 48.1 Å². The molecule has 86 valence electrons. The lowest BCUT2D eigenvalue weighted by molar-refractivity contribution is -0.138. The Morgan fingerprint density at radius 1 is 1.47 bits per heavy atom. The average Bonchev–Trinajstić information content (AvgIpc) is 2.06. The summed E-state index contributed by atoms with van der Waals surface area (Å²) in [6.07, 6.45) is 0. The largest absolute Gasteiger partial charge is 0.480 e. The molecule has 0 unspecified atom stereocenters. The van der Waals surface area contributed by atoms with Crippen molar-refractivity contribution < 1.29 is 14.7 Å². The number of rotatable bonds is 5. The molecule has 1 heterocycles. The standard InChI is InChI=1S/C10H18N2O3/c1-7(2)8-4-12(5-8)6-9(13)11-3-10(14)15/h7-8H,3-6H2,1-2H3,(H,11,13)(H,14,15). The van der Waals surface area contributed by atoms with E-state index in [1.807, 2.05) is 4.90 Å². The molecule has 15 heavy (non-hydrogen) atoms. The zero-order valence-electron chi connectivity index (χ0n) is 9.19. The average molecular weight is 214 g/mol. The van der Waals surface area contributed by atoms with Crippen molar-refractivity contribution >= 4 is 11.9 Å². The van der Waals surface area contributed by atoms with Gasteiger partial charge < -0.3 is 10.4 Å². The lowest BCUT2D eigenvalue weighted by Crippen LogP contribution is -2.52. The fraction of sp³-hybridized carbons (Fsp3) is 0.800. The summed E-state index contributed by atoms with van der Waals surface area (Å²) in [4.78, 5) is 23.4. The van der Waals surface area contributed by atoms with Crippen molar-refractivity contribution in [1.29, 1.82) is 0 Å². The third kappa shape index (κ3) is 3.87. The molecule has 0 aliphatic carbocycles. The Balaban J connectivity index is 2.11. The number of hydrogen-bond acceptors (Lipinski definition) is 3. The molecule has 5 heteroatoms. The summed E-state index contributed by atoms with van der Waals surface area (Å²) in [5, 5.41) is 10.7. The highest BCUT2D eigenvalue weighted by atomic mass is 16.4. The van der Waals surface area contributed by atoms with Crippen LogP contribution in [0.1, 0.15) is 13.8 Å². The Morgan fingerprint density at radius 3 is 2.53 bits per heavy atom. The van der Waals surface area contributed by atoms with Crippen LogP contribution in [0, 0.1) is 11.8 Å². The lowest BCUT2D eigenvalue weighted by atomic mass is 9.88. The highest BCUT2D eigenvalue weighted by molar-refractivity contribution is 5.82. The van der Waals surface area contributed by atoms with Gasteiger partial charge in [0.15, 0.2) is 0 Å². The van der Waals surface area contributed by atoms with Crippen molar-refractivity contribution in [2.45, 2.75) is 13.8 Å². The molecule has 0 spiro atoms. The highest BCUT2D eigenvalue weighted by Crippen LogP contribution is 2.22. The summed E-state index contributed by atoms with van der Waals surface area (Å²) in [6.45, 7) is 6.26. The molecule has 0 aromatic heterocycles. The molecule has 0 radical (unpaired) electrons. The number of carbonyl (C=O) groups is 2. The van der Waals surface area contributed by atoms with E-state index in [-0.39, 0.29) is 12.5 Å². The van der Waals surface area contributed by atoms with Gasteiger partial charge in [-0.25, -0.2) is 0 Å². The van der Waals surface area contributed by atoms with Crippen LogP contribution in [0.15, 0.2) is 0 Å². The molecular weight excluding hydrogens is 196 g/mol. The van der Waals surface area contributed by atoms with E-state index in [1.165, 1.54) is 0 Å². The van der Waals surface area contributed by atoms with Gasteiger partial charge in [0.05, 0.1) is 6.54 Å². The number of amides is 1. The van der Waals surface area contributed by atoms with Gasteiger partial charge in [0.25, 0.3) is 0 Å². The molecule has 1 amide bonds. The number of carboxylic acid groups (broad SMARTS) is 1. The molecule has 1 fully saturated rings. The highest BCUT2D eigenvalue weighted by Gasteiger charge is 2.29. The maximum atomic E-state index is 11.2. The molecule has 2 N–H and O–H groups in total. The summed E-state index contributed by atoms with van der Waals surface area (Å²) in [5.74, 6) is 0.118. The molecule has 5 nitrogen and oxygen atoms in total. The van der Waals surface area contributed by atoms with E-state index in [0.717, 1.165) is 13.1 Å². The fourth-order valence-electron chi connectivity index (χ4n) is 1.59. The minimum absolute atomic E-state index is 0.209. The Hall–Kier alpha value is -1.10. The van der Waals surface area contributed by atoms with Gasteiger partial charge in [0, 0.05) is 13.1 Å². The van der Waals surface area contributed by atoms with E-state index in [9.17, 15) is 9.59 Å². The molecule has 0 bridgehead atoms. The van der Waals surface area contributed by atoms with Crippen molar-refractivity contribution in [3.8, 4) is 0 Å². The minimum atomic E-state index is -1.01. The third-order valence-corrected chi connectivity index (χ3v) is 2.73. The van der Waals surface area contributed by atoms with Crippen LogP contribution in [0.5, 0.6) is 0 Å². The van der Waals surface area contributed by atoms with Gasteiger partial charge in [0.2, 0.25) is 5.91 Å². The van der Waals surface area contributed by atoms with Crippen molar-refractivity contribution in [3.05, 3.63) is 0 Å². The number of carboxylic acids is 1. The van der Waals surface area contributed by atoms with E-state index < -0.39 is 5.97 Å². The van der Waals surface area contributed by atoms with Gasteiger partial charge >= 0.3 is 5.97 Å². The smallest absolute Gasteiger partial charge is 0.322 e. The summed E-state index contributed by atoms with van der Waals surface area (Å²) >= 11 is 0. The van der Waals surface area contributed by atoms with Crippen LogP contribution >= 0.6 is 0 Å². The maximum Gasteiger partial charge on any atom is 0.322 e. The summed E-state index contributed by atoms with van der Waals surface area (Å²) in [6, 6.07) is 0. The number of nitrogens with one attached hydrogen (secondary N) is 1. The first-order chi connectivity index (χ1) is 6.99. The minimum Gasteiger partial charge on any atom is -0.480 e. The van der Waals surface area contributed by atoms with E-state index >= 15 is 0 Å². The van der Waals surface area contributed by atoms with E-state index in [0.29, 0.717) is 18.4 Å². The first kappa shape index (κ1) is 12.0. The second-order valence-electron chi connectivity index (χ2n) is 4.37. The molecule has 0 aromatic carbocycles. The molecule has 1 aliphatic heterocycles. The second kappa shape index (κ2) is 5.11. The molecule has 0 atom stereocenters. The van der Waals surface area contributed by atoms with Gasteiger partial charge in [-0.1, -0.05) is 13.8 Å². The third-order valence-electron chi connectivity index (χ3n) is 2.73. The molecule has 1 rings (SSSR count). The Kier molecular flexibility index (Phi) is 4.08. The summed E-state index contributed by atoms with van der Waals surface area (Å²) in [5.41, 5.74) is 0. The normalized spacial score (nSPS) is 17.5. The van der Waals surface area contributed by atoms with E-state index in [4.69, 9.17) is 5.11 Å². The molecule has 0 aromatic rings. The van der Waals surface area contributed by atoms with Gasteiger partial charge in [-0.05, 0) is 11.8 Å². The van der Waals surface area contributed by atoms with Crippen LogP contribution in [0.3, 0.4) is 0 Å². The van der Waals surface area contributed by atoms with Crippen LogP contribution in [-0.2, 0) is 9.59 Å². The first-order valence-electron chi connectivity index (χ1n) is 5.20. The summed E-state index contributed by atoms with van der Waals surface area (Å²) in [7, 11) is 0. The van der Waals surface area contributed by atoms with Crippen LogP contribution in [0.2, 0.25) is 0 Å².